The molecule has 9 heteroatoms. The van der Waals surface area contributed by atoms with Crippen LogP contribution in [0.1, 0.15) is 22.9 Å². The van der Waals surface area contributed by atoms with Crippen molar-refractivity contribution in [3.8, 4) is 11.4 Å². The summed E-state index contributed by atoms with van der Waals surface area (Å²) in [5, 5.41) is 14.1. The van der Waals surface area contributed by atoms with E-state index in [1.807, 2.05) is 46.9 Å². The molecular weight excluding hydrogens is 439 g/mol. The van der Waals surface area contributed by atoms with Crippen LogP contribution in [0.5, 0.6) is 5.75 Å². The van der Waals surface area contributed by atoms with Gasteiger partial charge in [-0.1, -0.05) is 23.4 Å². The number of aryl methyl sites for hydroxylation is 1. The van der Waals surface area contributed by atoms with Crippen molar-refractivity contribution in [3.05, 3.63) is 83.4 Å². The molecule has 2 aliphatic heterocycles. The number of fused-ring (bicyclic) bond motifs is 1. The number of oxime groups is 1. The van der Waals surface area contributed by atoms with Gasteiger partial charge in [0.15, 0.2) is 11.9 Å². The molecule has 3 heterocycles. The topological polar surface area (TPSA) is 81.3 Å². The molecule has 2 aromatic carbocycles. The zero-order valence-electron chi connectivity index (χ0n) is 18.9. The molecule has 0 aliphatic carbocycles. The number of benzene rings is 2. The number of amidine groups is 1. The number of aliphatic hydroxyl groups is 1. The van der Waals surface area contributed by atoms with Gasteiger partial charge in [0.25, 0.3) is 0 Å². The van der Waals surface area contributed by atoms with Crippen LogP contribution in [-0.2, 0) is 9.57 Å². The minimum absolute atomic E-state index is 0.221. The summed E-state index contributed by atoms with van der Waals surface area (Å²) in [5.74, 6) is 1.44. The van der Waals surface area contributed by atoms with Gasteiger partial charge >= 0.3 is 0 Å². The van der Waals surface area contributed by atoms with Crippen LogP contribution >= 0.6 is 0 Å². The lowest BCUT2D eigenvalue weighted by atomic mass is 9.98. The quantitative estimate of drug-likeness (QED) is 0.623. The Balaban J connectivity index is 1.48. The third-order valence-corrected chi connectivity index (χ3v) is 5.93. The van der Waals surface area contributed by atoms with Crippen molar-refractivity contribution in [1.29, 1.82) is 0 Å². The molecule has 2 unspecified atom stereocenters. The van der Waals surface area contributed by atoms with Crippen LogP contribution in [0, 0.1) is 12.7 Å². The number of methoxy groups -OCH3 is 1. The fourth-order valence-electron chi connectivity index (χ4n) is 4.31. The summed E-state index contributed by atoms with van der Waals surface area (Å²) in [6.45, 7) is 2.70. The van der Waals surface area contributed by atoms with Gasteiger partial charge in [0.1, 0.15) is 18.2 Å². The van der Waals surface area contributed by atoms with E-state index in [9.17, 15) is 9.50 Å². The lowest BCUT2D eigenvalue weighted by Crippen LogP contribution is -2.50. The number of aromatic nitrogens is 2. The fourth-order valence-corrected chi connectivity index (χ4v) is 4.31. The maximum absolute atomic E-state index is 13.5. The number of aliphatic hydroxyl groups excluding tert-OH is 1. The molecule has 0 bridgehead atoms. The number of halogens is 1. The highest BCUT2D eigenvalue weighted by atomic mass is 19.1. The number of morpholine rings is 1. The van der Waals surface area contributed by atoms with Crippen molar-refractivity contribution < 1.29 is 23.8 Å². The molecule has 0 amide bonds. The summed E-state index contributed by atoms with van der Waals surface area (Å²) in [7, 11) is 1.62. The molecule has 1 aromatic heterocycles. The number of hydrogen-bond acceptors (Lipinski definition) is 7. The Hall–Kier alpha value is -3.85. The molecule has 0 spiro atoms. The number of hydrogen-bond donors (Lipinski definition) is 1. The van der Waals surface area contributed by atoms with E-state index in [0.717, 1.165) is 22.5 Å². The molecule has 2 aliphatic rings. The Morgan fingerprint density at radius 2 is 2.06 bits per heavy atom. The van der Waals surface area contributed by atoms with E-state index >= 15 is 0 Å². The van der Waals surface area contributed by atoms with Gasteiger partial charge in [-0.2, -0.15) is 0 Å². The zero-order chi connectivity index (χ0) is 23.7. The molecule has 0 saturated carbocycles. The second-order valence-corrected chi connectivity index (χ2v) is 8.14. The monoisotopic (exact) mass is 464 g/mol. The molecule has 176 valence electrons. The molecule has 1 fully saturated rings. The van der Waals surface area contributed by atoms with Crippen molar-refractivity contribution in [3.63, 3.8) is 0 Å². The average Bonchev–Trinajstić information content (AvgIpc) is 3.30. The highest BCUT2D eigenvalue weighted by Gasteiger charge is 2.40. The fraction of sp³-hybridized carbons (Fsp3) is 0.280. The van der Waals surface area contributed by atoms with Crippen molar-refractivity contribution >= 4 is 11.9 Å². The summed E-state index contributed by atoms with van der Waals surface area (Å²) in [6, 6.07) is 11.7. The predicted octanol–water partition coefficient (Wildman–Crippen LogP) is 3.45. The van der Waals surface area contributed by atoms with Crippen molar-refractivity contribution in [2.24, 2.45) is 5.16 Å². The normalized spacial score (nSPS) is 20.9. The van der Waals surface area contributed by atoms with Crippen LogP contribution < -0.4 is 4.74 Å². The third-order valence-electron chi connectivity index (χ3n) is 5.93. The Bertz CT molecular complexity index is 1240. The summed E-state index contributed by atoms with van der Waals surface area (Å²) >= 11 is 0. The Kier molecular flexibility index (Phi) is 5.93. The van der Waals surface area contributed by atoms with E-state index < -0.39 is 6.10 Å². The molecule has 0 radical (unpaired) electrons. The van der Waals surface area contributed by atoms with Crippen molar-refractivity contribution in [2.45, 2.75) is 19.1 Å². The molecular formula is C25H25FN4O4. The first-order chi connectivity index (χ1) is 16.6. The molecule has 3 aromatic rings. The number of imidazole rings is 1. The summed E-state index contributed by atoms with van der Waals surface area (Å²) in [5.41, 5.74) is 3.48. The predicted molar refractivity (Wildman–Crippen MR) is 124 cm³/mol. The van der Waals surface area contributed by atoms with Gasteiger partial charge in [-0.05, 0) is 48.4 Å². The van der Waals surface area contributed by atoms with Crippen LogP contribution in [0.15, 0.2) is 65.9 Å². The number of rotatable bonds is 5. The van der Waals surface area contributed by atoms with E-state index in [4.69, 9.17) is 14.3 Å². The van der Waals surface area contributed by atoms with E-state index in [0.29, 0.717) is 30.5 Å². The third kappa shape index (κ3) is 4.10. The van der Waals surface area contributed by atoms with Gasteiger partial charge in [0, 0.05) is 6.20 Å². The Morgan fingerprint density at radius 1 is 1.24 bits per heavy atom. The van der Waals surface area contributed by atoms with Crippen LogP contribution in [0.3, 0.4) is 0 Å². The first kappa shape index (κ1) is 22.0. The highest BCUT2D eigenvalue weighted by Crippen LogP contribution is 2.35. The van der Waals surface area contributed by atoms with E-state index in [1.165, 1.54) is 12.1 Å². The Morgan fingerprint density at radius 3 is 2.76 bits per heavy atom. The maximum atomic E-state index is 13.5. The van der Waals surface area contributed by atoms with Crippen LogP contribution in [-0.4, -0.2) is 58.4 Å². The van der Waals surface area contributed by atoms with Crippen molar-refractivity contribution in [1.82, 2.24) is 14.5 Å². The molecule has 1 N–H and O–H groups in total. The van der Waals surface area contributed by atoms with Crippen LogP contribution in [0.25, 0.3) is 11.8 Å². The zero-order valence-corrected chi connectivity index (χ0v) is 18.9. The minimum Gasteiger partial charge on any atom is -0.495 e. The maximum Gasteiger partial charge on any atom is 0.211 e. The number of ether oxygens (including phenoxy) is 2. The molecule has 5 rings (SSSR count). The smallest absolute Gasteiger partial charge is 0.211 e. The summed E-state index contributed by atoms with van der Waals surface area (Å²) in [4.78, 5) is 11.9. The van der Waals surface area contributed by atoms with Gasteiger partial charge in [-0.15, -0.1) is 0 Å². The number of nitrogens with zero attached hydrogens (tertiary/aromatic N) is 4. The SMILES string of the molecule is COc1cc(/C=C2/OCCN3C2=NOC(CO)C3c2ccc(F)cc2)ccc1-n1cnc(C)c1. The Labute approximate surface area is 196 Å². The lowest BCUT2D eigenvalue weighted by molar-refractivity contribution is -0.0578. The largest absolute Gasteiger partial charge is 0.495 e. The van der Waals surface area contributed by atoms with E-state index in [2.05, 4.69) is 10.1 Å². The van der Waals surface area contributed by atoms with Crippen LogP contribution in [0.4, 0.5) is 4.39 Å². The van der Waals surface area contributed by atoms with Gasteiger partial charge in [-0.3, -0.25) is 0 Å². The second kappa shape index (κ2) is 9.18. The van der Waals surface area contributed by atoms with Gasteiger partial charge in [0.2, 0.25) is 5.84 Å². The summed E-state index contributed by atoms with van der Waals surface area (Å²) in [6.07, 6.45) is 4.97. The molecule has 34 heavy (non-hydrogen) atoms. The van der Waals surface area contributed by atoms with Gasteiger partial charge < -0.3 is 28.9 Å². The van der Waals surface area contributed by atoms with Gasteiger partial charge in [0.05, 0.1) is 44.0 Å². The van der Waals surface area contributed by atoms with E-state index in [1.54, 1.807) is 25.6 Å². The van der Waals surface area contributed by atoms with E-state index in [-0.39, 0.29) is 18.5 Å². The summed E-state index contributed by atoms with van der Waals surface area (Å²) < 4.78 is 27.0. The highest BCUT2D eigenvalue weighted by molar-refractivity contribution is 6.01. The molecule has 8 nitrogen and oxygen atoms in total. The minimum atomic E-state index is -0.577. The first-order valence-electron chi connectivity index (χ1n) is 11.0. The van der Waals surface area contributed by atoms with Crippen LogP contribution in [0.2, 0.25) is 0 Å². The molecule has 1 saturated heterocycles. The first-order valence-corrected chi connectivity index (χ1v) is 11.0. The van der Waals surface area contributed by atoms with Gasteiger partial charge in [-0.25, -0.2) is 9.37 Å². The lowest BCUT2D eigenvalue weighted by Gasteiger charge is -2.43. The molecule has 2 atom stereocenters. The average molecular weight is 464 g/mol. The standard InChI is InChI=1S/C25H25FN4O4/c1-16-13-29(15-27-16)20-8-3-17(11-21(20)32-2)12-22-25-28-34-23(14-31)24(30(25)9-10-33-22)18-4-6-19(26)7-5-18/h3-8,11-13,15,23-24,31H,9-10,14H2,1-2H3/b22-12+. The van der Waals surface area contributed by atoms with Crippen molar-refractivity contribution in [2.75, 3.05) is 26.9 Å². The second-order valence-electron chi connectivity index (χ2n) is 8.14.